The van der Waals surface area contributed by atoms with Crippen molar-refractivity contribution in [2.24, 2.45) is 62.1 Å². The first kappa shape index (κ1) is 43.7. The number of allylic oxidation sites excluding steroid dienone is 1. The van der Waals surface area contributed by atoms with E-state index in [1.165, 1.54) is 18.4 Å². The number of hydrogen-bond acceptors (Lipinski definition) is 5. The number of carboxylic acids is 2. The van der Waals surface area contributed by atoms with E-state index < -0.39 is 23.3 Å². The van der Waals surface area contributed by atoms with Gasteiger partial charge >= 0.3 is 17.9 Å². The molecule has 0 saturated heterocycles. The fraction of sp³-hybridized carbons (Fsp3) is 0.872. The zero-order valence-corrected chi connectivity index (χ0v) is 36.0. The predicted molar refractivity (Wildman–Crippen MR) is 217 cm³/mol. The molecule has 0 aromatic heterocycles. The van der Waals surface area contributed by atoms with Gasteiger partial charge in [0.05, 0.1) is 17.3 Å². The number of hydrogen-bond donors (Lipinski definition) is 3. The van der Waals surface area contributed by atoms with Gasteiger partial charge in [0.25, 0.3) is 0 Å². The third-order valence-electron chi connectivity index (χ3n) is 17.5. The molecule has 1 amide bonds. The third kappa shape index (κ3) is 8.05. The van der Waals surface area contributed by atoms with E-state index in [2.05, 4.69) is 53.4 Å². The van der Waals surface area contributed by atoms with E-state index >= 15 is 0 Å². The summed E-state index contributed by atoms with van der Waals surface area (Å²) in [5.41, 5.74) is 0.0234. The van der Waals surface area contributed by atoms with Gasteiger partial charge in [-0.3, -0.25) is 19.2 Å². The molecular formula is C47H77NO7. The minimum atomic E-state index is -1.07. The average Bonchev–Trinajstić information content (AvgIpc) is 3.49. The second-order valence-electron chi connectivity index (χ2n) is 21.3. The van der Waals surface area contributed by atoms with Crippen molar-refractivity contribution in [1.82, 2.24) is 5.32 Å². The van der Waals surface area contributed by atoms with Crippen molar-refractivity contribution in [3.05, 3.63) is 12.2 Å². The first-order valence-corrected chi connectivity index (χ1v) is 22.3. The number of esters is 1. The number of nitrogens with one attached hydrogen (secondary N) is 1. The van der Waals surface area contributed by atoms with Crippen LogP contribution in [0.15, 0.2) is 12.2 Å². The van der Waals surface area contributed by atoms with Gasteiger partial charge in [0.2, 0.25) is 5.91 Å². The highest BCUT2D eigenvalue weighted by Gasteiger charge is 2.72. The van der Waals surface area contributed by atoms with Crippen molar-refractivity contribution >= 4 is 23.8 Å². The van der Waals surface area contributed by atoms with Crippen LogP contribution in [0.1, 0.15) is 184 Å². The highest BCUT2D eigenvalue weighted by atomic mass is 16.5. The van der Waals surface area contributed by atoms with Crippen molar-refractivity contribution in [1.29, 1.82) is 0 Å². The third-order valence-corrected chi connectivity index (χ3v) is 17.5. The maximum Gasteiger partial charge on any atom is 0.312 e. The van der Waals surface area contributed by atoms with Gasteiger partial charge in [0.15, 0.2) is 0 Å². The van der Waals surface area contributed by atoms with E-state index in [4.69, 9.17) is 9.84 Å². The zero-order chi connectivity index (χ0) is 40.6. The van der Waals surface area contributed by atoms with Crippen molar-refractivity contribution in [3.8, 4) is 0 Å². The number of aliphatic carboxylic acids is 2. The molecule has 8 heteroatoms. The Labute approximate surface area is 333 Å². The molecule has 5 fully saturated rings. The molecule has 5 aliphatic carbocycles. The molecule has 5 aliphatic rings. The second kappa shape index (κ2) is 16.5. The van der Waals surface area contributed by atoms with Gasteiger partial charge in [-0.05, 0) is 144 Å². The number of carbonyl (C=O) groups excluding carboxylic acids is 2. The van der Waals surface area contributed by atoms with Crippen LogP contribution in [0, 0.1) is 62.1 Å². The van der Waals surface area contributed by atoms with E-state index in [1.54, 1.807) is 13.8 Å². The normalized spacial score (nSPS) is 37.7. The Morgan fingerprint density at radius 3 is 1.98 bits per heavy atom. The van der Waals surface area contributed by atoms with Crippen molar-refractivity contribution < 1.29 is 34.1 Å². The molecule has 3 N–H and O–H groups in total. The summed E-state index contributed by atoms with van der Waals surface area (Å²) in [6, 6.07) is 0. The first-order chi connectivity index (χ1) is 25.7. The molecule has 0 unspecified atom stereocenters. The van der Waals surface area contributed by atoms with Crippen LogP contribution in [0.2, 0.25) is 0 Å². The van der Waals surface area contributed by atoms with Crippen LogP contribution in [0.25, 0.3) is 0 Å². The highest BCUT2D eigenvalue weighted by Crippen LogP contribution is 2.77. The molecule has 0 aromatic rings. The van der Waals surface area contributed by atoms with Gasteiger partial charge < -0.3 is 20.3 Å². The van der Waals surface area contributed by atoms with Crippen LogP contribution in [-0.4, -0.2) is 46.7 Å². The summed E-state index contributed by atoms with van der Waals surface area (Å²) < 4.78 is 6.26. The molecule has 0 radical (unpaired) electrons. The number of fused-ring (bicyclic) bond motifs is 7. The lowest BCUT2D eigenvalue weighted by Gasteiger charge is -2.72. The number of ether oxygens (including phenoxy) is 1. The van der Waals surface area contributed by atoms with Crippen LogP contribution in [0.5, 0.6) is 0 Å². The first-order valence-electron chi connectivity index (χ1n) is 22.3. The molecule has 5 saturated carbocycles. The van der Waals surface area contributed by atoms with Gasteiger partial charge in [-0.15, -0.1) is 0 Å². The van der Waals surface area contributed by atoms with Gasteiger partial charge in [0.1, 0.15) is 6.10 Å². The van der Waals surface area contributed by atoms with Crippen molar-refractivity contribution in [3.63, 3.8) is 0 Å². The summed E-state index contributed by atoms with van der Waals surface area (Å²) in [4.78, 5) is 50.0. The fourth-order valence-corrected chi connectivity index (χ4v) is 14.3. The topological polar surface area (TPSA) is 130 Å². The number of carbonyl (C=O) groups is 4. The Morgan fingerprint density at radius 1 is 0.727 bits per heavy atom. The predicted octanol–water partition coefficient (Wildman–Crippen LogP) is 10.8. The van der Waals surface area contributed by atoms with Crippen LogP contribution < -0.4 is 5.32 Å². The molecular weight excluding hydrogens is 691 g/mol. The Hall–Kier alpha value is -2.38. The maximum absolute atomic E-state index is 14.5. The van der Waals surface area contributed by atoms with E-state index in [9.17, 15) is 24.3 Å². The summed E-state index contributed by atoms with van der Waals surface area (Å²) in [5, 5.41) is 21.7. The minimum Gasteiger partial charge on any atom is -0.481 e. The molecule has 312 valence electrons. The van der Waals surface area contributed by atoms with E-state index in [1.807, 2.05) is 0 Å². The van der Waals surface area contributed by atoms with Crippen LogP contribution in [0.3, 0.4) is 0 Å². The molecule has 10 atom stereocenters. The molecule has 0 aromatic carbocycles. The fourth-order valence-electron chi connectivity index (χ4n) is 14.3. The molecule has 0 bridgehead atoms. The quantitative estimate of drug-likeness (QED) is 0.0763. The summed E-state index contributed by atoms with van der Waals surface area (Å²) in [6.45, 7) is 23.2. The standard InChI is InChI=1S/C47H77NO7/c1-31(2)32-21-26-47(40(53)48-29-17-15-13-11-10-12-14-16-18-37(49)50)28-27-45(8)33(39(32)47)19-20-35-44(7)24-23-36(55-41(54)42(3,4)30-38(51)52)43(5,6)34(44)22-25-46(35,45)9/h32-36,39H,1,10-30H2,2-9H3,(H,48,53)(H,49,50)(H,51,52)/t32-,33+,34-,35+,36-,39+,44-,45+,46+,47-/m0/s1. The Kier molecular flexibility index (Phi) is 13.1. The lowest BCUT2D eigenvalue weighted by atomic mass is 9.32. The van der Waals surface area contributed by atoms with Gasteiger partial charge in [-0.2, -0.15) is 0 Å². The summed E-state index contributed by atoms with van der Waals surface area (Å²) in [6.07, 6.45) is 18.7. The molecule has 5 rings (SSSR count). The molecule has 0 heterocycles. The van der Waals surface area contributed by atoms with Crippen molar-refractivity contribution in [2.45, 2.75) is 190 Å². The Morgan fingerprint density at radius 2 is 1.36 bits per heavy atom. The Bertz CT molecular complexity index is 1450. The summed E-state index contributed by atoms with van der Waals surface area (Å²) in [7, 11) is 0. The molecule has 0 spiro atoms. The van der Waals surface area contributed by atoms with Crippen LogP contribution >= 0.6 is 0 Å². The van der Waals surface area contributed by atoms with Gasteiger partial charge in [-0.1, -0.05) is 85.3 Å². The van der Waals surface area contributed by atoms with Crippen molar-refractivity contribution in [2.75, 3.05) is 6.54 Å². The number of amides is 1. The Balaban J connectivity index is 1.26. The van der Waals surface area contributed by atoms with E-state index in [0.29, 0.717) is 35.5 Å². The minimum absolute atomic E-state index is 0.111. The zero-order valence-electron chi connectivity index (χ0n) is 36.0. The maximum atomic E-state index is 14.5. The molecule has 8 nitrogen and oxygen atoms in total. The highest BCUT2D eigenvalue weighted by molar-refractivity contribution is 5.84. The van der Waals surface area contributed by atoms with E-state index in [-0.39, 0.29) is 46.0 Å². The molecule has 0 aliphatic heterocycles. The molecule has 55 heavy (non-hydrogen) atoms. The van der Waals surface area contributed by atoms with Gasteiger partial charge in [0, 0.05) is 18.4 Å². The van der Waals surface area contributed by atoms with E-state index in [0.717, 1.165) is 109 Å². The monoisotopic (exact) mass is 768 g/mol. The van der Waals surface area contributed by atoms with Crippen LogP contribution in [0.4, 0.5) is 0 Å². The number of rotatable bonds is 17. The second-order valence-corrected chi connectivity index (χ2v) is 21.3. The number of carboxylic acid groups (broad SMARTS) is 2. The largest absolute Gasteiger partial charge is 0.481 e. The van der Waals surface area contributed by atoms with Crippen LogP contribution in [-0.2, 0) is 23.9 Å². The summed E-state index contributed by atoms with van der Waals surface area (Å²) >= 11 is 0. The number of unbranched alkanes of at least 4 members (excludes halogenated alkanes) is 7. The smallest absolute Gasteiger partial charge is 0.312 e. The SMILES string of the molecule is C=C(C)[C@@H]1CC[C@]2(C(=O)NCCCCCCCCCCC(=O)O)CC[C@]3(C)[C@H](CC[C@@H]4[C@@]5(C)CC[C@H](OC(=O)C(C)(C)CC(=O)O)C(C)(C)[C@@H]5CC[C@]43C)[C@@H]12. The van der Waals surface area contributed by atoms with Gasteiger partial charge in [-0.25, -0.2) is 0 Å². The lowest BCUT2D eigenvalue weighted by molar-refractivity contribution is -0.250. The summed E-state index contributed by atoms with van der Waals surface area (Å²) in [5.74, 6) is 0.354. The lowest BCUT2D eigenvalue weighted by Crippen LogP contribution is -2.67. The average molecular weight is 768 g/mol.